The van der Waals surface area contributed by atoms with Crippen LogP contribution in [0.4, 0.5) is 10.5 Å². The van der Waals surface area contributed by atoms with Crippen LogP contribution in [-0.2, 0) is 4.79 Å². The van der Waals surface area contributed by atoms with Gasteiger partial charge in [-0.2, -0.15) is 0 Å². The zero-order valence-corrected chi connectivity index (χ0v) is 12.0. The normalized spacial score (nSPS) is 21.3. The van der Waals surface area contributed by atoms with Crippen LogP contribution < -0.4 is 10.6 Å². The summed E-state index contributed by atoms with van der Waals surface area (Å²) in [6.07, 6.45) is 2.15. The molecule has 3 N–H and O–H groups in total. The van der Waals surface area contributed by atoms with E-state index in [9.17, 15) is 9.59 Å². The highest BCUT2D eigenvalue weighted by molar-refractivity contribution is 7.16. The number of urea groups is 1. The van der Waals surface area contributed by atoms with Crippen molar-refractivity contribution >= 4 is 39.2 Å². The van der Waals surface area contributed by atoms with Crippen molar-refractivity contribution in [3.05, 3.63) is 23.7 Å². The smallest absolute Gasteiger partial charge is 0.319 e. The monoisotopic (exact) mass is 305 g/mol. The molecule has 2 unspecified atom stereocenters. The quantitative estimate of drug-likeness (QED) is 0.813. The zero-order chi connectivity index (χ0) is 14.8. The predicted octanol–water partition coefficient (Wildman–Crippen LogP) is 2.67. The minimum Gasteiger partial charge on any atom is -0.481 e. The largest absolute Gasteiger partial charge is 0.481 e. The summed E-state index contributed by atoms with van der Waals surface area (Å²) in [5, 5.41) is 14.6. The van der Waals surface area contributed by atoms with Crippen molar-refractivity contribution in [2.24, 2.45) is 5.92 Å². The first-order valence-corrected chi connectivity index (χ1v) is 7.65. The van der Waals surface area contributed by atoms with Crippen LogP contribution in [0, 0.1) is 5.92 Å². The number of fused-ring (bicyclic) bond motifs is 1. The fraction of sp³-hybridized carbons (Fsp3) is 0.357. The molecule has 0 spiro atoms. The van der Waals surface area contributed by atoms with Gasteiger partial charge in [-0.1, -0.05) is 6.42 Å². The number of carbonyl (C=O) groups excluding carboxylic acids is 1. The van der Waals surface area contributed by atoms with Crippen molar-refractivity contribution in [3.63, 3.8) is 0 Å². The molecule has 1 fully saturated rings. The van der Waals surface area contributed by atoms with E-state index in [0.717, 1.165) is 16.6 Å². The lowest BCUT2D eigenvalue weighted by Gasteiger charge is -2.18. The maximum Gasteiger partial charge on any atom is 0.319 e. The first kappa shape index (κ1) is 13.8. The van der Waals surface area contributed by atoms with Crippen LogP contribution in [0.3, 0.4) is 0 Å². The molecular weight excluding hydrogens is 290 g/mol. The predicted molar refractivity (Wildman–Crippen MR) is 80.5 cm³/mol. The molecule has 1 heterocycles. The summed E-state index contributed by atoms with van der Waals surface area (Å²) in [6.45, 7) is 0. The highest BCUT2D eigenvalue weighted by Crippen LogP contribution is 2.26. The fourth-order valence-corrected chi connectivity index (χ4v) is 3.41. The van der Waals surface area contributed by atoms with Crippen molar-refractivity contribution in [1.82, 2.24) is 10.3 Å². The van der Waals surface area contributed by atoms with Gasteiger partial charge in [0.25, 0.3) is 0 Å². The van der Waals surface area contributed by atoms with Gasteiger partial charge in [-0.15, -0.1) is 11.3 Å². The van der Waals surface area contributed by atoms with Gasteiger partial charge >= 0.3 is 12.0 Å². The Morgan fingerprint density at radius 1 is 1.33 bits per heavy atom. The Bertz CT molecular complexity index is 685. The number of anilines is 1. The second-order valence-corrected chi connectivity index (χ2v) is 6.00. The van der Waals surface area contributed by atoms with E-state index in [0.29, 0.717) is 18.5 Å². The molecule has 0 aliphatic heterocycles. The standard InChI is InChI=1S/C14H15N3O3S/c18-13(19)9-2-1-3-10(9)17-14(20)16-8-4-5-11-12(6-8)21-7-15-11/h4-7,9-10H,1-3H2,(H,18,19)(H2,16,17,20). The summed E-state index contributed by atoms with van der Waals surface area (Å²) >= 11 is 1.51. The van der Waals surface area contributed by atoms with Crippen LogP contribution in [0.2, 0.25) is 0 Å². The molecule has 1 aromatic carbocycles. The molecule has 6 nitrogen and oxygen atoms in total. The number of hydrogen-bond acceptors (Lipinski definition) is 4. The minimum atomic E-state index is -0.844. The van der Waals surface area contributed by atoms with Crippen LogP contribution in [-0.4, -0.2) is 28.1 Å². The number of hydrogen-bond donors (Lipinski definition) is 3. The van der Waals surface area contributed by atoms with E-state index in [1.807, 2.05) is 12.1 Å². The van der Waals surface area contributed by atoms with Gasteiger partial charge in [0.2, 0.25) is 0 Å². The van der Waals surface area contributed by atoms with Gasteiger partial charge in [0, 0.05) is 11.7 Å². The summed E-state index contributed by atoms with van der Waals surface area (Å²) in [4.78, 5) is 27.3. The van der Waals surface area contributed by atoms with E-state index in [1.54, 1.807) is 11.6 Å². The number of carboxylic acids is 1. The zero-order valence-electron chi connectivity index (χ0n) is 11.2. The lowest BCUT2D eigenvalue weighted by molar-refractivity contribution is -0.142. The molecule has 0 bridgehead atoms. The van der Waals surface area contributed by atoms with Crippen LogP contribution in [0.1, 0.15) is 19.3 Å². The van der Waals surface area contributed by atoms with E-state index in [-0.39, 0.29) is 12.1 Å². The Hall–Kier alpha value is -2.15. The maximum atomic E-state index is 12.0. The molecule has 1 aliphatic rings. The number of thiazole rings is 1. The summed E-state index contributed by atoms with van der Waals surface area (Å²) < 4.78 is 0.997. The Labute approximate surface area is 125 Å². The third-order valence-electron chi connectivity index (χ3n) is 3.74. The SMILES string of the molecule is O=C(Nc1ccc2ncsc2c1)NC1CCCC1C(=O)O. The van der Waals surface area contributed by atoms with Crippen LogP contribution in [0.25, 0.3) is 10.2 Å². The van der Waals surface area contributed by atoms with Crippen molar-refractivity contribution in [2.45, 2.75) is 25.3 Å². The van der Waals surface area contributed by atoms with E-state index in [2.05, 4.69) is 15.6 Å². The number of nitrogens with zero attached hydrogens (tertiary/aromatic N) is 1. The van der Waals surface area contributed by atoms with Crippen LogP contribution >= 0.6 is 11.3 Å². The number of amides is 2. The summed E-state index contributed by atoms with van der Waals surface area (Å²) in [7, 11) is 0. The lowest BCUT2D eigenvalue weighted by atomic mass is 10.0. The summed E-state index contributed by atoms with van der Waals surface area (Å²) in [6, 6.07) is 4.82. The first-order valence-electron chi connectivity index (χ1n) is 6.77. The topological polar surface area (TPSA) is 91.3 Å². The van der Waals surface area contributed by atoms with Crippen molar-refractivity contribution in [2.75, 3.05) is 5.32 Å². The first-order chi connectivity index (χ1) is 10.1. The molecule has 0 radical (unpaired) electrons. The van der Waals surface area contributed by atoms with Gasteiger partial charge in [0.1, 0.15) is 0 Å². The molecule has 2 aromatic rings. The lowest BCUT2D eigenvalue weighted by Crippen LogP contribution is -2.42. The molecular formula is C14H15N3O3S. The fourth-order valence-electron chi connectivity index (χ4n) is 2.70. The van der Waals surface area contributed by atoms with Gasteiger partial charge in [0.05, 0.1) is 21.6 Å². The van der Waals surface area contributed by atoms with E-state index in [4.69, 9.17) is 5.11 Å². The second-order valence-electron chi connectivity index (χ2n) is 5.12. The van der Waals surface area contributed by atoms with Gasteiger partial charge in [-0.05, 0) is 31.0 Å². The molecule has 110 valence electrons. The number of rotatable bonds is 3. The van der Waals surface area contributed by atoms with Gasteiger partial charge in [0.15, 0.2) is 0 Å². The molecule has 0 saturated heterocycles. The number of aromatic nitrogens is 1. The molecule has 1 saturated carbocycles. The second kappa shape index (κ2) is 5.69. The van der Waals surface area contributed by atoms with Crippen LogP contribution in [0.15, 0.2) is 23.7 Å². The molecule has 1 aliphatic carbocycles. The van der Waals surface area contributed by atoms with Crippen LogP contribution in [0.5, 0.6) is 0 Å². The molecule has 21 heavy (non-hydrogen) atoms. The van der Waals surface area contributed by atoms with E-state index >= 15 is 0 Å². The molecule has 7 heteroatoms. The molecule has 2 amide bonds. The molecule has 3 rings (SSSR count). The van der Waals surface area contributed by atoms with E-state index < -0.39 is 11.9 Å². The highest BCUT2D eigenvalue weighted by Gasteiger charge is 2.33. The number of nitrogens with one attached hydrogen (secondary N) is 2. The Morgan fingerprint density at radius 2 is 2.19 bits per heavy atom. The van der Waals surface area contributed by atoms with Gasteiger partial charge < -0.3 is 15.7 Å². The summed E-state index contributed by atoms with van der Waals surface area (Å²) in [5.74, 6) is -1.33. The van der Waals surface area contributed by atoms with Crippen molar-refractivity contribution < 1.29 is 14.7 Å². The highest BCUT2D eigenvalue weighted by atomic mass is 32.1. The van der Waals surface area contributed by atoms with Gasteiger partial charge in [-0.25, -0.2) is 9.78 Å². The number of carboxylic acid groups (broad SMARTS) is 1. The summed E-state index contributed by atoms with van der Waals surface area (Å²) in [5.41, 5.74) is 3.33. The Morgan fingerprint density at radius 3 is 3.00 bits per heavy atom. The Kier molecular flexibility index (Phi) is 3.74. The minimum absolute atomic E-state index is 0.297. The molecule has 1 aromatic heterocycles. The number of aliphatic carboxylic acids is 1. The molecule has 2 atom stereocenters. The maximum absolute atomic E-state index is 12.0. The van der Waals surface area contributed by atoms with Crippen molar-refractivity contribution in [1.29, 1.82) is 0 Å². The average Bonchev–Trinajstić information content (AvgIpc) is 3.06. The average molecular weight is 305 g/mol. The number of benzene rings is 1. The van der Waals surface area contributed by atoms with E-state index in [1.165, 1.54) is 11.3 Å². The van der Waals surface area contributed by atoms with Gasteiger partial charge in [-0.3, -0.25) is 4.79 Å². The van der Waals surface area contributed by atoms with Crippen molar-refractivity contribution in [3.8, 4) is 0 Å². The third-order valence-corrected chi connectivity index (χ3v) is 4.53. The Balaban J connectivity index is 1.64. The number of carbonyl (C=O) groups is 2. The third kappa shape index (κ3) is 2.97.